The lowest BCUT2D eigenvalue weighted by molar-refractivity contribution is -0.149. The SMILES string of the molecule is CCOC(=O)C(C)N(CC1CCCN1)C1CC1. The summed E-state index contributed by atoms with van der Waals surface area (Å²) in [6, 6.07) is 1.08. The average molecular weight is 240 g/mol. The smallest absolute Gasteiger partial charge is 0.323 e. The van der Waals surface area contributed by atoms with E-state index in [9.17, 15) is 4.79 Å². The van der Waals surface area contributed by atoms with Crippen LogP contribution < -0.4 is 5.32 Å². The van der Waals surface area contributed by atoms with Crippen molar-refractivity contribution in [3.05, 3.63) is 0 Å². The van der Waals surface area contributed by atoms with Crippen molar-refractivity contribution in [3.8, 4) is 0 Å². The van der Waals surface area contributed by atoms with E-state index in [2.05, 4.69) is 10.2 Å². The fourth-order valence-electron chi connectivity index (χ4n) is 2.59. The van der Waals surface area contributed by atoms with Crippen LogP contribution in [0.2, 0.25) is 0 Å². The van der Waals surface area contributed by atoms with Crippen molar-refractivity contribution in [2.75, 3.05) is 19.7 Å². The molecule has 1 saturated heterocycles. The van der Waals surface area contributed by atoms with Crippen LogP contribution in [0.1, 0.15) is 39.5 Å². The molecule has 0 amide bonds. The molecule has 2 aliphatic rings. The Morgan fingerprint density at radius 2 is 2.24 bits per heavy atom. The van der Waals surface area contributed by atoms with E-state index in [-0.39, 0.29) is 12.0 Å². The monoisotopic (exact) mass is 240 g/mol. The molecule has 0 aromatic rings. The van der Waals surface area contributed by atoms with E-state index in [1.807, 2.05) is 13.8 Å². The predicted octanol–water partition coefficient (Wildman–Crippen LogP) is 1.15. The highest BCUT2D eigenvalue weighted by Gasteiger charge is 2.37. The highest BCUT2D eigenvalue weighted by atomic mass is 16.5. The van der Waals surface area contributed by atoms with Crippen LogP contribution in [0.5, 0.6) is 0 Å². The maximum absolute atomic E-state index is 11.8. The lowest BCUT2D eigenvalue weighted by atomic mass is 10.2. The lowest BCUT2D eigenvalue weighted by Gasteiger charge is -2.30. The Bertz CT molecular complexity index is 260. The van der Waals surface area contributed by atoms with Gasteiger partial charge in [-0.25, -0.2) is 0 Å². The van der Waals surface area contributed by atoms with Crippen LogP contribution in [0.15, 0.2) is 0 Å². The van der Waals surface area contributed by atoms with Gasteiger partial charge in [-0.05, 0) is 46.1 Å². The Balaban J connectivity index is 1.88. The summed E-state index contributed by atoms with van der Waals surface area (Å²) >= 11 is 0. The third kappa shape index (κ3) is 3.42. The van der Waals surface area contributed by atoms with E-state index in [0.717, 1.165) is 13.1 Å². The van der Waals surface area contributed by atoms with Crippen LogP contribution in [0.4, 0.5) is 0 Å². The number of nitrogens with zero attached hydrogens (tertiary/aromatic N) is 1. The number of esters is 1. The molecule has 0 bridgehead atoms. The molecule has 1 heterocycles. The van der Waals surface area contributed by atoms with Gasteiger partial charge in [0.2, 0.25) is 0 Å². The molecule has 0 spiro atoms. The number of ether oxygens (including phenoxy) is 1. The van der Waals surface area contributed by atoms with Crippen LogP contribution in [0.25, 0.3) is 0 Å². The summed E-state index contributed by atoms with van der Waals surface area (Å²) < 4.78 is 5.13. The number of carbonyl (C=O) groups is 1. The summed E-state index contributed by atoms with van der Waals surface area (Å²) in [5, 5.41) is 3.50. The molecule has 0 radical (unpaired) electrons. The second-order valence-electron chi connectivity index (χ2n) is 5.15. The largest absolute Gasteiger partial charge is 0.465 e. The van der Waals surface area contributed by atoms with Gasteiger partial charge < -0.3 is 10.1 Å². The zero-order valence-electron chi connectivity index (χ0n) is 10.9. The number of hydrogen-bond donors (Lipinski definition) is 1. The molecule has 98 valence electrons. The Hall–Kier alpha value is -0.610. The van der Waals surface area contributed by atoms with E-state index in [1.54, 1.807) is 0 Å². The molecule has 0 aromatic carbocycles. The summed E-state index contributed by atoms with van der Waals surface area (Å²) in [5.41, 5.74) is 0. The summed E-state index contributed by atoms with van der Waals surface area (Å²) in [6.07, 6.45) is 4.96. The van der Waals surface area contributed by atoms with E-state index < -0.39 is 0 Å². The Kier molecular flexibility index (Phi) is 4.40. The highest BCUT2D eigenvalue weighted by Crippen LogP contribution is 2.29. The number of carbonyl (C=O) groups excluding carboxylic acids is 1. The minimum atomic E-state index is -0.0927. The third-order valence-electron chi connectivity index (χ3n) is 3.73. The topological polar surface area (TPSA) is 41.6 Å². The number of hydrogen-bond acceptors (Lipinski definition) is 4. The number of nitrogens with one attached hydrogen (secondary N) is 1. The molecule has 1 N–H and O–H groups in total. The molecule has 2 rings (SSSR count). The van der Waals surface area contributed by atoms with Crippen molar-refractivity contribution in [1.82, 2.24) is 10.2 Å². The molecule has 2 atom stereocenters. The fraction of sp³-hybridized carbons (Fsp3) is 0.923. The van der Waals surface area contributed by atoms with Gasteiger partial charge in [-0.15, -0.1) is 0 Å². The van der Waals surface area contributed by atoms with Gasteiger partial charge in [0.1, 0.15) is 6.04 Å². The molecule has 1 saturated carbocycles. The quantitative estimate of drug-likeness (QED) is 0.707. The zero-order valence-corrected chi connectivity index (χ0v) is 10.9. The first kappa shape index (κ1) is 12.8. The van der Waals surface area contributed by atoms with Gasteiger partial charge in [-0.3, -0.25) is 9.69 Å². The van der Waals surface area contributed by atoms with Gasteiger partial charge in [0.15, 0.2) is 0 Å². The molecule has 2 unspecified atom stereocenters. The standard InChI is InChI=1S/C13H24N2O2/c1-3-17-13(16)10(2)15(12-6-7-12)9-11-5-4-8-14-11/h10-12,14H,3-9H2,1-2H3. The first-order chi connectivity index (χ1) is 8.22. The van der Waals surface area contributed by atoms with Crippen molar-refractivity contribution in [2.45, 2.75) is 57.7 Å². The molecule has 0 aromatic heterocycles. The molecule has 2 fully saturated rings. The van der Waals surface area contributed by atoms with Crippen molar-refractivity contribution in [3.63, 3.8) is 0 Å². The van der Waals surface area contributed by atoms with Crippen molar-refractivity contribution < 1.29 is 9.53 Å². The van der Waals surface area contributed by atoms with Gasteiger partial charge >= 0.3 is 5.97 Å². The van der Waals surface area contributed by atoms with Gasteiger partial charge in [0.05, 0.1) is 6.61 Å². The summed E-state index contributed by atoms with van der Waals surface area (Å²) in [6.45, 7) is 6.43. The minimum Gasteiger partial charge on any atom is -0.465 e. The maximum atomic E-state index is 11.8. The highest BCUT2D eigenvalue weighted by molar-refractivity contribution is 5.75. The van der Waals surface area contributed by atoms with Crippen LogP contribution in [0, 0.1) is 0 Å². The molecule has 17 heavy (non-hydrogen) atoms. The maximum Gasteiger partial charge on any atom is 0.323 e. The second kappa shape index (κ2) is 5.83. The van der Waals surface area contributed by atoms with Gasteiger partial charge in [0, 0.05) is 18.6 Å². The summed E-state index contributed by atoms with van der Waals surface area (Å²) in [5.74, 6) is -0.0719. The molecule has 4 nitrogen and oxygen atoms in total. The van der Waals surface area contributed by atoms with Gasteiger partial charge in [-0.2, -0.15) is 0 Å². The van der Waals surface area contributed by atoms with E-state index >= 15 is 0 Å². The number of rotatable bonds is 6. The van der Waals surface area contributed by atoms with Gasteiger partial charge in [-0.1, -0.05) is 0 Å². The van der Waals surface area contributed by atoms with Crippen molar-refractivity contribution in [1.29, 1.82) is 0 Å². The molecular formula is C13H24N2O2. The minimum absolute atomic E-state index is 0.0719. The first-order valence-electron chi connectivity index (χ1n) is 6.88. The molecular weight excluding hydrogens is 216 g/mol. The lowest BCUT2D eigenvalue weighted by Crippen LogP contribution is -2.47. The fourth-order valence-corrected chi connectivity index (χ4v) is 2.59. The van der Waals surface area contributed by atoms with Crippen molar-refractivity contribution >= 4 is 5.97 Å². The average Bonchev–Trinajstić information content (AvgIpc) is 3.03. The Morgan fingerprint density at radius 1 is 1.47 bits per heavy atom. The molecule has 1 aliphatic heterocycles. The van der Waals surface area contributed by atoms with E-state index in [1.165, 1.54) is 25.7 Å². The van der Waals surface area contributed by atoms with Crippen LogP contribution in [0.3, 0.4) is 0 Å². The van der Waals surface area contributed by atoms with E-state index in [4.69, 9.17) is 4.74 Å². The Labute approximate surface area is 104 Å². The Morgan fingerprint density at radius 3 is 2.76 bits per heavy atom. The molecule has 1 aliphatic carbocycles. The van der Waals surface area contributed by atoms with Crippen LogP contribution in [-0.4, -0.2) is 48.7 Å². The van der Waals surface area contributed by atoms with Crippen LogP contribution in [-0.2, 0) is 9.53 Å². The third-order valence-corrected chi connectivity index (χ3v) is 3.73. The zero-order chi connectivity index (χ0) is 12.3. The first-order valence-corrected chi connectivity index (χ1v) is 6.88. The normalized spacial score (nSPS) is 26.2. The predicted molar refractivity (Wildman–Crippen MR) is 66.8 cm³/mol. The molecule has 4 heteroatoms. The second-order valence-corrected chi connectivity index (χ2v) is 5.15. The van der Waals surface area contributed by atoms with Crippen molar-refractivity contribution in [2.24, 2.45) is 0 Å². The van der Waals surface area contributed by atoms with Gasteiger partial charge in [0.25, 0.3) is 0 Å². The summed E-state index contributed by atoms with van der Waals surface area (Å²) in [7, 11) is 0. The van der Waals surface area contributed by atoms with E-state index in [0.29, 0.717) is 18.7 Å². The summed E-state index contributed by atoms with van der Waals surface area (Å²) in [4.78, 5) is 14.1. The van der Waals surface area contributed by atoms with Crippen LogP contribution >= 0.6 is 0 Å².